The summed E-state index contributed by atoms with van der Waals surface area (Å²) in [4.78, 5) is 10.4. The number of phenolic OH excluding ortho intramolecular Hbond substituents is 1. The Balaban J connectivity index is 3.03. The molecule has 15 heavy (non-hydrogen) atoms. The van der Waals surface area contributed by atoms with Crippen LogP contribution in [0.25, 0.3) is 0 Å². The molecule has 0 saturated heterocycles. The van der Waals surface area contributed by atoms with Crippen LogP contribution >= 0.6 is 0 Å². The largest absolute Gasteiger partial charge is 0.508 e. The number of carbonyl (C=O) groups is 1. The molecule has 0 heterocycles. The second-order valence-electron chi connectivity index (χ2n) is 3.32. The number of rotatable bonds is 3. The molecule has 1 aromatic rings. The minimum Gasteiger partial charge on any atom is -0.508 e. The lowest BCUT2D eigenvalue weighted by atomic mass is 9.97. The van der Waals surface area contributed by atoms with E-state index in [1.54, 1.807) is 0 Å². The molecule has 0 amide bonds. The zero-order valence-corrected chi connectivity index (χ0v) is 8.00. The van der Waals surface area contributed by atoms with Crippen LogP contribution in [-0.2, 0) is 4.79 Å². The van der Waals surface area contributed by atoms with Gasteiger partial charge in [0.05, 0.1) is 6.42 Å². The fourth-order valence-corrected chi connectivity index (χ4v) is 1.32. The topological polar surface area (TPSA) is 57.5 Å². The second-order valence-corrected chi connectivity index (χ2v) is 3.32. The zero-order valence-electron chi connectivity index (χ0n) is 8.00. The van der Waals surface area contributed by atoms with Crippen LogP contribution in [-0.4, -0.2) is 16.2 Å². The van der Waals surface area contributed by atoms with Gasteiger partial charge in [0.15, 0.2) is 11.6 Å². The summed E-state index contributed by atoms with van der Waals surface area (Å²) in [5, 5.41) is 17.8. The number of aliphatic carboxylic acids is 1. The van der Waals surface area contributed by atoms with Crippen molar-refractivity contribution in [2.45, 2.75) is 19.3 Å². The van der Waals surface area contributed by atoms with Crippen LogP contribution in [0.15, 0.2) is 12.1 Å². The Hall–Kier alpha value is -1.65. The lowest BCUT2D eigenvalue weighted by molar-refractivity contribution is -0.137. The molecular formula is C10H10F2O3. The van der Waals surface area contributed by atoms with Crippen molar-refractivity contribution in [3.63, 3.8) is 0 Å². The number of benzene rings is 1. The van der Waals surface area contributed by atoms with Crippen molar-refractivity contribution in [1.82, 2.24) is 0 Å². The Morgan fingerprint density at radius 2 is 1.93 bits per heavy atom. The molecule has 1 aromatic carbocycles. The minimum absolute atomic E-state index is 0.0938. The highest BCUT2D eigenvalue weighted by molar-refractivity contribution is 5.68. The number of carboxylic acid groups (broad SMARTS) is 1. The van der Waals surface area contributed by atoms with E-state index in [-0.39, 0.29) is 12.0 Å². The second kappa shape index (κ2) is 4.25. The van der Waals surface area contributed by atoms with Crippen LogP contribution in [0, 0.1) is 11.6 Å². The first kappa shape index (κ1) is 11.4. The van der Waals surface area contributed by atoms with E-state index in [0.29, 0.717) is 6.07 Å². The van der Waals surface area contributed by atoms with Gasteiger partial charge in [0.1, 0.15) is 5.75 Å². The summed E-state index contributed by atoms with van der Waals surface area (Å²) in [7, 11) is 0. The highest BCUT2D eigenvalue weighted by Crippen LogP contribution is 2.29. The third-order valence-corrected chi connectivity index (χ3v) is 2.08. The molecule has 0 aliphatic heterocycles. The third kappa shape index (κ3) is 2.65. The molecule has 0 aliphatic carbocycles. The normalized spacial score (nSPS) is 12.5. The first-order valence-corrected chi connectivity index (χ1v) is 4.31. The first-order valence-electron chi connectivity index (χ1n) is 4.31. The summed E-state index contributed by atoms with van der Waals surface area (Å²) in [6.45, 7) is 1.51. The Bertz CT molecular complexity index is 390. The number of hydrogen-bond donors (Lipinski definition) is 2. The van der Waals surface area contributed by atoms with Crippen molar-refractivity contribution in [2.75, 3.05) is 0 Å². The summed E-state index contributed by atoms with van der Waals surface area (Å²) < 4.78 is 25.5. The van der Waals surface area contributed by atoms with Gasteiger partial charge in [-0.2, -0.15) is 0 Å². The van der Waals surface area contributed by atoms with Gasteiger partial charge < -0.3 is 10.2 Å². The number of halogens is 2. The molecule has 0 aromatic heterocycles. The molecule has 2 N–H and O–H groups in total. The van der Waals surface area contributed by atoms with Crippen molar-refractivity contribution >= 4 is 5.97 Å². The molecule has 0 radical (unpaired) electrons. The number of aromatic hydroxyl groups is 1. The highest BCUT2D eigenvalue weighted by Gasteiger charge is 2.17. The molecule has 0 spiro atoms. The van der Waals surface area contributed by atoms with Crippen molar-refractivity contribution in [2.24, 2.45) is 0 Å². The molecule has 3 nitrogen and oxygen atoms in total. The molecule has 0 aliphatic rings. The number of carboxylic acids is 1. The van der Waals surface area contributed by atoms with Gasteiger partial charge in [-0.3, -0.25) is 4.79 Å². The van der Waals surface area contributed by atoms with Crippen molar-refractivity contribution in [3.8, 4) is 5.75 Å². The lowest BCUT2D eigenvalue weighted by Gasteiger charge is -2.11. The Labute approximate surface area is 85.0 Å². The monoisotopic (exact) mass is 216 g/mol. The van der Waals surface area contributed by atoms with Crippen LogP contribution in [0.2, 0.25) is 0 Å². The van der Waals surface area contributed by atoms with Gasteiger partial charge in [0.2, 0.25) is 0 Å². The van der Waals surface area contributed by atoms with E-state index < -0.39 is 29.3 Å². The third-order valence-electron chi connectivity index (χ3n) is 2.08. The van der Waals surface area contributed by atoms with Gasteiger partial charge in [-0.25, -0.2) is 8.78 Å². The van der Waals surface area contributed by atoms with E-state index in [1.165, 1.54) is 6.92 Å². The average molecular weight is 216 g/mol. The maximum Gasteiger partial charge on any atom is 0.303 e. The summed E-state index contributed by atoms with van der Waals surface area (Å²) in [5.74, 6) is -4.31. The van der Waals surface area contributed by atoms with E-state index in [1.807, 2.05) is 0 Å². The molecule has 1 atom stereocenters. The standard InChI is InChI=1S/C10H10F2O3/c1-5(2-10(14)15)6-3-7(11)8(12)4-9(6)13/h3-5,13H,2H2,1H3,(H,14,15). The van der Waals surface area contributed by atoms with E-state index in [4.69, 9.17) is 5.11 Å². The zero-order chi connectivity index (χ0) is 11.6. The van der Waals surface area contributed by atoms with Crippen LogP contribution in [0.4, 0.5) is 8.78 Å². The summed E-state index contributed by atoms with van der Waals surface area (Å²) in [6.07, 6.45) is -0.251. The van der Waals surface area contributed by atoms with Crippen LogP contribution in [0.3, 0.4) is 0 Å². The number of hydrogen-bond acceptors (Lipinski definition) is 2. The Morgan fingerprint density at radius 1 is 1.40 bits per heavy atom. The van der Waals surface area contributed by atoms with Crippen molar-refractivity contribution < 1.29 is 23.8 Å². The van der Waals surface area contributed by atoms with Gasteiger partial charge in [-0.15, -0.1) is 0 Å². The summed E-state index contributed by atoms with van der Waals surface area (Å²) >= 11 is 0. The van der Waals surface area contributed by atoms with E-state index in [0.717, 1.165) is 6.07 Å². The van der Waals surface area contributed by atoms with E-state index >= 15 is 0 Å². The SMILES string of the molecule is CC(CC(=O)O)c1cc(F)c(F)cc1O. The minimum atomic E-state index is -1.15. The van der Waals surface area contributed by atoms with Gasteiger partial charge >= 0.3 is 5.97 Å². The fourth-order valence-electron chi connectivity index (χ4n) is 1.32. The van der Waals surface area contributed by atoms with Crippen LogP contribution < -0.4 is 0 Å². The van der Waals surface area contributed by atoms with Gasteiger partial charge in [-0.1, -0.05) is 6.92 Å². The van der Waals surface area contributed by atoms with Crippen LogP contribution in [0.1, 0.15) is 24.8 Å². The highest BCUT2D eigenvalue weighted by atomic mass is 19.2. The van der Waals surface area contributed by atoms with Crippen molar-refractivity contribution in [3.05, 3.63) is 29.3 Å². The Morgan fingerprint density at radius 3 is 2.47 bits per heavy atom. The first-order chi connectivity index (χ1) is 6.91. The molecular weight excluding hydrogens is 206 g/mol. The molecule has 1 rings (SSSR count). The van der Waals surface area contributed by atoms with Gasteiger partial charge in [-0.05, 0) is 12.0 Å². The predicted octanol–water partition coefficient (Wildman–Crippen LogP) is 2.25. The fraction of sp³-hybridized carbons (Fsp3) is 0.300. The van der Waals surface area contributed by atoms with Gasteiger partial charge in [0.25, 0.3) is 0 Å². The quantitative estimate of drug-likeness (QED) is 0.814. The smallest absolute Gasteiger partial charge is 0.303 e. The maximum absolute atomic E-state index is 12.8. The Kier molecular flexibility index (Phi) is 3.24. The van der Waals surface area contributed by atoms with Gasteiger partial charge in [0, 0.05) is 11.6 Å². The molecule has 5 heteroatoms. The van der Waals surface area contributed by atoms with Crippen molar-refractivity contribution in [1.29, 1.82) is 0 Å². The molecule has 0 saturated carbocycles. The average Bonchev–Trinajstić information content (AvgIpc) is 2.09. The summed E-state index contributed by atoms with van der Waals surface area (Å²) in [6, 6.07) is 1.46. The van der Waals surface area contributed by atoms with E-state index in [9.17, 15) is 18.7 Å². The summed E-state index contributed by atoms with van der Waals surface area (Å²) in [5.41, 5.74) is 0.0938. The maximum atomic E-state index is 12.8. The molecule has 0 fully saturated rings. The predicted molar refractivity (Wildman–Crippen MR) is 48.7 cm³/mol. The van der Waals surface area contributed by atoms with Crippen LogP contribution in [0.5, 0.6) is 5.75 Å². The molecule has 1 unspecified atom stereocenters. The number of phenols is 1. The molecule has 82 valence electrons. The lowest BCUT2D eigenvalue weighted by Crippen LogP contribution is -2.04. The van der Waals surface area contributed by atoms with E-state index in [2.05, 4.69) is 0 Å². The molecule has 0 bridgehead atoms.